The van der Waals surface area contributed by atoms with Crippen LogP contribution in [0.25, 0.3) is 172 Å². The second-order valence-electron chi connectivity index (χ2n) is 22.0. The largest absolute Gasteiger partial charge is 0.455 e. The quantitative estimate of drug-likeness (QED) is 0.151. The molecule has 18 rings (SSSR count). The molecule has 0 aliphatic heterocycles. The predicted molar refractivity (Wildman–Crippen MR) is 350 cm³/mol. The van der Waals surface area contributed by atoms with Crippen LogP contribution in [0.15, 0.2) is 283 Å². The molecule has 12 aromatic carbocycles. The van der Waals surface area contributed by atoms with Gasteiger partial charge in [0, 0.05) is 65.5 Å². The molecule has 6 aromatic heterocycles. The number of benzene rings is 12. The zero-order chi connectivity index (χ0) is 56.4. The van der Waals surface area contributed by atoms with Crippen LogP contribution >= 0.6 is 0 Å². The summed E-state index contributed by atoms with van der Waals surface area (Å²) in [5, 5.41) is 9.82. The maximum atomic E-state index is 6.62. The summed E-state index contributed by atoms with van der Waals surface area (Å²) in [6, 6.07) is 98.1. The summed E-state index contributed by atoms with van der Waals surface area (Å²) in [7, 11) is 0. The minimum Gasteiger partial charge on any atom is -0.455 e. The Balaban J connectivity index is 0.732. The zero-order valence-electron chi connectivity index (χ0n) is 46.0. The van der Waals surface area contributed by atoms with Crippen LogP contribution in [0.1, 0.15) is 0 Å². The van der Waals surface area contributed by atoms with Crippen LogP contribution in [0.3, 0.4) is 0 Å². The number of nitrogens with zero attached hydrogens (tertiary/aromatic N) is 8. The van der Waals surface area contributed by atoms with Crippen molar-refractivity contribution < 1.29 is 4.42 Å². The highest BCUT2D eigenvalue weighted by atomic mass is 16.3. The average Bonchev–Trinajstić information content (AvgIpc) is 1.64. The fourth-order valence-corrected chi connectivity index (χ4v) is 13.2. The van der Waals surface area contributed by atoms with Crippen LogP contribution in [-0.2, 0) is 0 Å². The van der Waals surface area contributed by atoms with Gasteiger partial charge in [0.15, 0.2) is 11.6 Å². The van der Waals surface area contributed by atoms with Gasteiger partial charge in [0.2, 0.25) is 11.9 Å². The first-order valence-corrected chi connectivity index (χ1v) is 28.9. The van der Waals surface area contributed by atoms with Gasteiger partial charge in [-0.15, -0.1) is 0 Å². The Hall–Kier alpha value is -11.8. The summed E-state index contributed by atoms with van der Waals surface area (Å²) in [5.41, 5.74) is 18.1. The number of furan rings is 1. The second-order valence-corrected chi connectivity index (χ2v) is 22.0. The number of hydrogen-bond acceptors (Lipinski definition) is 6. The highest BCUT2D eigenvalue weighted by molar-refractivity contribution is 6.24. The van der Waals surface area contributed by atoms with E-state index in [1.807, 2.05) is 78.9 Å². The smallest absolute Gasteiger partial charge is 0.238 e. The van der Waals surface area contributed by atoms with Gasteiger partial charge < -0.3 is 8.98 Å². The Morgan fingerprint density at radius 1 is 0.256 bits per heavy atom. The van der Waals surface area contributed by atoms with E-state index >= 15 is 0 Å². The van der Waals surface area contributed by atoms with E-state index in [9.17, 15) is 0 Å². The van der Waals surface area contributed by atoms with Crippen molar-refractivity contribution in [2.24, 2.45) is 0 Å². The third-order valence-electron chi connectivity index (χ3n) is 17.1. The van der Waals surface area contributed by atoms with E-state index in [1.165, 1.54) is 0 Å². The summed E-state index contributed by atoms with van der Waals surface area (Å²) in [6.07, 6.45) is 0. The maximum absolute atomic E-state index is 6.62. The van der Waals surface area contributed by atoms with Crippen molar-refractivity contribution in [1.29, 1.82) is 0 Å². The highest BCUT2D eigenvalue weighted by Crippen LogP contribution is 2.43. The molecule has 86 heavy (non-hydrogen) atoms. The van der Waals surface area contributed by atoms with Crippen molar-refractivity contribution in [3.63, 3.8) is 0 Å². The van der Waals surface area contributed by atoms with Crippen molar-refractivity contribution in [3.8, 4) is 73.9 Å². The molecule has 6 heterocycles. The van der Waals surface area contributed by atoms with E-state index in [0.717, 1.165) is 149 Å². The first-order valence-electron chi connectivity index (χ1n) is 28.9. The minimum absolute atomic E-state index is 0.564. The Morgan fingerprint density at radius 3 is 1.43 bits per heavy atom. The lowest BCUT2D eigenvalue weighted by molar-refractivity contribution is 0.673. The van der Waals surface area contributed by atoms with Crippen LogP contribution in [0.5, 0.6) is 0 Å². The molecule has 9 heteroatoms. The molecular formula is C77H46N8O. The van der Waals surface area contributed by atoms with E-state index in [2.05, 4.69) is 214 Å². The van der Waals surface area contributed by atoms with Crippen LogP contribution in [0, 0.1) is 0 Å². The van der Waals surface area contributed by atoms with Crippen LogP contribution in [0.4, 0.5) is 0 Å². The molecule has 0 atom stereocenters. The molecule has 0 aliphatic rings. The van der Waals surface area contributed by atoms with Crippen LogP contribution < -0.4 is 0 Å². The monoisotopic (exact) mass is 1100 g/mol. The first kappa shape index (κ1) is 47.8. The summed E-state index contributed by atoms with van der Waals surface area (Å²) in [4.78, 5) is 26.3. The summed E-state index contributed by atoms with van der Waals surface area (Å²) in [6.45, 7) is 0. The molecule has 18 aromatic rings. The van der Waals surface area contributed by atoms with Gasteiger partial charge in [0.1, 0.15) is 11.2 Å². The maximum Gasteiger partial charge on any atom is 0.238 e. The van der Waals surface area contributed by atoms with Crippen molar-refractivity contribution in [2.75, 3.05) is 0 Å². The fraction of sp³-hybridized carbons (Fsp3) is 0. The molecule has 0 bridgehead atoms. The summed E-state index contributed by atoms with van der Waals surface area (Å²) < 4.78 is 13.4. The Morgan fingerprint density at radius 2 is 0.756 bits per heavy atom. The topological polar surface area (TPSA) is 92.4 Å². The third-order valence-corrected chi connectivity index (χ3v) is 17.1. The zero-order valence-corrected chi connectivity index (χ0v) is 46.0. The van der Waals surface area contributed by atoms with Gasteiger partial charge >= 0.3 is 0 Å². The van der Waals surface area contributed by atoms with Gasteiger partial charge in [-0.2, -0.15) is 9.97 Å². The Labute approximate surface area is 491 Å². The molecule has 0 fully saturated rings. The van der Waals surface area contributed by atoms with E-state index in [0.29, 0.717) is 23.5 Å². The molecule has 0 amide bonds. The number of hydrogen-bond donors (Lipinski definition) is 0. The standard InChI is InChI=1S/C77H46N8O/c1-4-19-48(20-5-1)72-62-44-53(37-41-63(62)78-76(79-72)84-66-33-16-12-30-59(66)71-67(84)42-40-58-57-29-13-17-34-70(57)86-73(58)71)52-26-18-25-51(43-52)47-35-38-54(39-36-47)83-64-31-14-10-27-55(64)60-46-69-61(45-68(60)83)56-28-11-15-32-65(56)85(69)77-81-74(49-21-6-2-7-22-49)80-75(82-77)50-23-8-3-9-24-50/h1-46H. The second kappa shape index (κ2) is 18.9. The molecule has 0 aliphatic carbocycles. The molecule has 0 N–H and O–H groups in total. The molecule has 400 valence electrons. The van der Waals surface area contributed by atoms with E-state index in [-0.39, 0.29) is 0 Å². The number of para-hydroxylation sites is 4. The minimum atomic E-state index is 0.564. The molecule has 0 unspecified atom stereocenters. The number of rotatable bonds is 8. The molecule has 0 saturated carbocycles. The van der Waals surface area contributed by atoms with Gasteiger partial charge in [-0.05, 0) is 101 Å². The number of fused-ring (bicyclic) bond motifs is 14. The Kier molecular flexibility index (Phi) is 10.5. The normalized spacial score (nSPS) is 12.0. The van der Waals surface area contributed by atoms with Gasteiger partial charge in [-0.3, -0.25) is 9.13 Å². The van der Waals surface area contributed by atoms with Crippen LogP contribution in [-0.4, -0.2) is 38.6 Å². The lowest BCUT2D eigenvalue weighted by atomic mass is 9.97. The molecular weight excluding hydrogens is 1050 g/mol. The average molecular weight is 1100 g/mol. The van der Waals surface area contributed by atoms with E-state index in [4.69, 9.17) is 29.3 Å². The van der Waals surface area contributed by atoms with Crippen molar-refractivity contribution in [2.45, 2.75) is 0 Å². The number of aromatic nitrogens is 8. The van der Waals surface area contributed by atoms with Crippen molar-refractivity contribution in [3.05, 3.63) is 279 Å². The Bertz CT molecular complexity index is 5710. The molecule has 0 radical (unpaired) electrons. The summed E-state index contributed by atoms with van der Waals surface area (Å²) >= 11 is 0. The lowest BCUT2D eigenvalue weighted by Crippen LogP contribution is -2.06. The van der Waals surface area contributed by atoms with E-state index < -0.39 is 0 Å². The lowest BCUT2D eigenvalue weighted by Gasteiger charge is -2.13. The van der Waals surface area contributed by atoms with Crippen molar-refractivity contribution >= 4 is 98.3 Å². The summed E-state index contributed by atoms with van der Waals surface area (Å²) in [5.74, 6) is 2.40. The SMILES string of the molecule is c1ccc(-c2nc(-c3ccccc3)nc(-n3c4ccccc4c4cc5c(cc43)c3ccccc3n5-c3ccc(-c4cccc(-c5ccc6nc(-n7c8ccccc8c8c9oc%10ccccc%10c9ccc87)nc(-c7ccccc7)c6c5)c4)cc3)n2)cc1. The van der Waals surface area contributed by atoms with Gasteiger partial charge in [-0.25, -0.2) is 15.0 Å². The highest BCUT2D eigenvalue weighted by Gasteiger charge is 2.24. The molecule has 0 saturated heterocycles. The predicted octanol–water partition coefficient (Wildman–Crippen LogP) is 19.3. The van der Waals surface area contributed by atoms with Crippen molar-refractivity contribution in [1.82, 2.24) is 38.6 Å². The van der Waals surface area contributed by atoms with Gasteiger partial charge in [0.25, 0.3) is 0 Å². The van der Waals surface area contributed by atoms with Gasteiger partial charge in [0.05, 0.1) is 49.7 Å². The fourth-order valence-electron chi connectivity index (χ4n) is 13.2. The van der Waals surface area contributed by atoms with E-state index in [1.54, 1.807) is 0 Å². The van der Waals surface area contributed by atoms with Gasteiger partial charge in [-0.1, -0.05) is 200 Å². The first-order chi connectivity index (χ1) is 42.6. The molecule has 0 spiro atoms. The third kappa shape index (κ3) is 7.41. The molecule has 9 nitrogen and oxygen atoms in total. The van der Waals surface area contributed by atoms with Crippen LogP contribution in [0.2, 0.25) is 0 Å².